The summed E-state index contributed by atoms with van der Waals surface area (Å²) >= 11 is 1.47. The van der Waals surface area contributed by atoms with Crippen molar-refractivity contribution in [1.29, 1.82) is 0 Å². The van der Waals surface area contributed by atoms with Gasteiger partial charge in [0, 0.05) is 24.3 Å². The topological polar surface area (TPSA) is 86.1 Å². The first-order valence-electron chi connectivity index (χ1n) is 8.11. The van der Waals surface area contributed by atoms with E-state index in [4.69, 9.17) is 0 Å². The van der Waals surface area contributed by atoms with Gasteiger partial charge in [0.2, 0.25) is 5.91 Å². The van der Waals surface area contributed by atoms with Crippen molar-refractivity contribution in [2.75, 3.05) is 18.2 Å². The van der Waals surface area contributed by atoms with Crippen molar-refractivity contribution in [2.24, 2.45) is 0 Å². The number of hydrogen-bond donors (Lipinski definition) is 1. The van der Waals surface area contributed by atoms with Crippen LogP contribution in [-0.4, -0.2) is 39.5 Å². The molecule has 1 aromatic carbocycles. The first-order chi connectivity index (χ1) is 12.1. The smallest absolute Gasteiger partial charge is 0.306 e. The van der Waals surface area contributed by atoms with Gasteiger partial charge in [0.25, 0.3) is 0 Å². The SMILES string of the molecule is COC(=O)CCSc1nnc(C2CC2)n1-c1cccc(NC(C)=O)c1. The minimum Gasteiger partial charge on any atom is -0.469 e. The summed E-state index contributed by atoms with van der Waals surface area (Å²) in [4.78, 5) is 22.6. The molecule has 0 saturated heterocycles. The van der Waals surface area contributed by atoms with Crippen molar-refractivity contribution in [3.63, 3.8) is 0 Å². The molecule has 1 aliphatic rings. The van der Waals surface area contributed by atoms with Gasteiger partial charge in [-0.2, -0.15) is 0 Å². The molecule has 0 aliphatic heterocycles. The number of anilines is 1. The molecule has 0 bridgehead atoms. The second-order valence-electron chi connectivity index (χ2n) is 5.86. The van der Waals surface area contributed by atoms with Crippen molar-refractivity contribution in [3.8, 4) is 5.69 Å². The number of esters is 1. The predicted molar refractivity (Wildman–Crippen MR) is 95.0 cm³/mol. The van der Waals surface area contributed by atoms with Crippen LogP contribution in [0.1, 0.15) is 37.9 Å². The highest BCUT2D eigenvalue weighted by molar-refractivity contribution is 7.99. The van der Waals surface area contributed by atoms with Crippen LogP contribution in [0.15, 0.2) is 29.4 Å². The number of benzene rings is 1. The van der Waals surface area contributed by atoms with E-state index in [1.54, 1.807) is 0 Å². The van der Waals surface area contributed by atoms with Crippen LogP contribution in [0, 0.1) is 0 Å². The summed E-state index contributed by atoms with van der Waals surface area (Å²) in [6, 6.07) is 7.60. The number of nitrogens with one attached hydrogen (secondary N) is 1. The van der Waals surface area contributed by atoms with Crippen molar-refractivity contribution >= 4 is 29.3 Å². The quantitative estimate of drug-likeness (QED) is 0.603. The van der Waals surface area contributed by atoms with Crippen LogP contribution >= 0.6 is 11.8 Å². The maximum atomic E-state index is 11.3. The van der Waals surface area contributed by atoms with E-state index in [9.17, 15) is 9.59 Å². The number of amides is 1. The molecule has 7 nitrogen and oxygen atoms in total. The molecular weight excluding hydrogens is 340 g/mol. The summed E-state index contributed by atoms with van der Waals surface area (Å²) in [5, 5.41) is 12.2. The summed E-state index contributed by atoms with van der Waals surface area (Å²) in [5.74, 6) is 1.57. The molecule has 1 aliphatic carbocycles. The van der Waals surface area contributed by atoms with Crippen LogP contribution in [0.5, 0.6) is 0 Å². The summed E-state index contributed by atoms with van der Waals surface area (Å²) in [6.45, 7) is 1.48. The maximum absolute atomic E-state index is 11.3. The Morgan fingerprint density at radius 1 is 1.36 bits per heavy atom. The first-order valence-corrected chi connectivity index (χ1v) is 9.10. The number of carbonyl (C=O) groups is 2. The zero-order chi connectivity index (χ0) is 17.8. The van der Waals surface area contributed by atoms with Gasteiger partial charge < -0.3 is 10.1 Å². The van der Waals surface area contributed by atoms with E-state index in [0.717, 1.165) is 35.2 Å². The molecule has 132 valence electrons. The fourth-order valence-electron chi connectivity index (χ4n) is 2.48. The van der Waals surface area contributed by atoms with Crippen LogP contribution in [0.2, 0.25) is 0 Å². The number of carbonyl (C=O) groups excluding carboxylic acids is 2. The fourth-order valence-corrected chi connectivity index (χ4v) is 3.35. The van der Waals surface area contributed by atoms with Gasteiger partial charge in [-0.15, -0.1) is 10.2 Å². The van der Waals surface area contributed by atoms with Crippen LogP contribution in [0.25, 0.3) is 5.69 Å². The molecule has 8 heteroatoms. The monoisotopic (exact) mass is 360 g/mol. The lowest BCUT2D eigenvalue weighted by Crippen LogP contribution is -2.07. The fraction of sp³-hybridized carbons (Fsp3) is 0.412. The zero-order valence-corrected chi connectivity index (χ0v) is 15.0. The first kappa shape index (κ1) is 17.5. The number of thioether (sulfide) groups is 1. The van der Waals surface area contributed by atoms with Gasteiger partial charge in [0.1, 0.15) is 5.82 Å². The highest BCUT2D eigenvalue weighted by Gasteiger charge is 2.31. The van der Waals surface area contributed by atoms with E-state index in [1.807, 2.05) is 28.8 Å². The average Bonchev–Trinajstić information content (AvgIpc) is 3.34. The van der Waals surface area contributed by atoms with Crippen LogP contribution in [0.4, 0.5) is 5.69 Å². The van der Waals surface area contributed by atoms with E-state index in [0.29, 0.717) is 18.1 Å². The number of methoxy groups -OCH3 is 1. The lowest BCUT2D eigenvalue weighted by Gasteiger charge is -2.11. The molecule has 1 fully saturated rings. The third-order valence-corrected chi connectivity index (χ3v) is 4.72. The predicted octanol–water partition coefficient (Wildman–Crippen LogP) is 2.76. The summed E-state index contributed by atoms with van der Waals surface area (Å²) in [5.41, 5.74) is 1.63. The molecular formula is C17H20N4O3S. The van der Waals surface area contributed by atoms with Crippen molar-refractivity contribution < 1.29 is 14.3 Å². The van der Waals surface area contributed by atoms with E-state index in [-0.39, 0.29) is 11.9 Å². The zero-order valence-electron chi connectivity index (χ0n) is 14.2. The summed E-state index contributed by atoms with van der Waals surface area (Å²) in [6.07, 6.45) is 2.53. The van der Waals surface area contributed by atoms with E-state index >= 15 is 0 Å². The average molecular weight is 360 g/mol. The Kier molecular flexibility index (Phi) is 5.37. The number of rotatable bonds is 7. The molecule has 1 heterocycles. The maximum Gasteiger partial charge on any atom is 0.306 e. The third-order valence-electron chi connectivity index (χ3n) is 3.79. The molecule has 0 radical (unpaired) electrons. The Labute approximate surface area is 150 Å². The Balaban J connectivity index is 1.86. The number of hydrogen-bond acceptors (Lipinski definition) is 6. The molecule has 25 heavy (non-hydrogen) atoms. The lowest BCUT2D eigenvalue weighted by atomic mass is 10.2. The molecule has 0 spiro atoms. The number of ether oxygens (including phenoxy) is 1. The van der Waals surface area contributed by atoms with Gasteiger partial charge in [-0.25, -0.2) is 0 Å². The number of aromatic nitrogens is 3. The van der Waals surface area contributed by atoms with Crippen molar-refractivity contribution in [1.82, 2.24) is 14.8 Å². The molecule has 1 aromatic heterocycles. The molecule has 0 atom stereocenters. The summed E-state index contributed by atoms with van der Waals surface area (Å²) in [7, 11) is 1.38. The van der Waals surface area contributed by atoms with Gasteiger partial charge in [-0.3, -0.25) is 14.2 Å². The lowest BCUT2D eigenvalue weighted by molar-refractivity contribution is -0.140. The molecule has 2 aromatic rings. The highest BCUT2D eigenvalue weighted by Crippen LogP contribution is 2.41. The van der Waals surface area contributed by atoms with Crippen molar-refractivity contribution in [3.05, 3.63) is 30.1 Å². The second-order valence-corrected chi connectivity index (χ2v) is 6.92. The van der Waals surface area contributed by atoms with E-state index in [1.165, 1.54) is 25.8 Å². The Hall–Kier alpha value is -2.35. The molecule has 3 rings (SSSR count). The minimum atomic E-state index is -0.242. The Morgan fingerprint density at radius 3 is 2.84 bits per heavy atom. The van der Waals surface area contributed by atoms with Gasteiger partial charge >= 0.3 is 5.97 Å². The van der Waals surface area contributed by atoms with Crippen molar-refractivity contribution in [2.45, 2.75) is 37.3 Å². The number of nitrogens with zero attached hydrogens (tertiary/aromatic N) is 3. The minimum absolute atomic E-state index is 0.115. The Morgan fingerprint density at radius 2 is 2.16 bits per heavy atom. The second kappa shape index (κ2) is 7.69. The molecule has 1 saturated carbocycles. The van der Waals surface area contributed by atoms with Crippen LogP contribution < -0.4 is 5.32 Å². The highest BCUT2D eigenvalue weighted by atomic mass is 32.2. The normalized spacial score (nSPS) is 13.5. The Bertz CT molecular complexity index is 786. The van der Waals surface area contributed by atoms with Gasteiger partial charge in [-0.1, -0.05) is 17.8 Å². The van der Waals surface area contributed by atoms with Crippen LogP contribution in [0.3, 0.4) is 0 Å². The standard InChI is InChI=1S/C17H20N4O3S/c1-11(22)18-13-4-3-5-14(10-13)21-16(12-6-7-12)19-20-17(21)25-9-8-15(23)24-2/h3-5,10,12H,6-9H2,1-2H3,(H,18,22). The van der Waals surface area contributed by atoms with Gasteiger partial charge in [0.05, 0.1) is 19.2 Å². The van der Waals surface area contributed by atoms with Crippen LogP contribution in [-0.2, 0) is 14.3 Å². The van der Waals surface area contributed by atoms with Gasteiger partial charge in [-0.05, 0) is 31.0 Å². The van der Waals surface area contributed by atoms with E-state index in [2.05, 4.69) is 20.3 Å². The molecule has 1 N–H and O–H groups in total. The van der Waals surface area contributed by atoms with E-state index < -0.39 is 0 Å². The molecule has 0 unspecified atom stereocenters. The molecule has 1 amide bonds. The third kappa shape index (κ3) is 4.39. The summed E-state index contributed by atoms with van der Waals surface area (Å²) < 4.78 is 6.69. The van der Waals surface area contributed by atoms with Gasteiger partial charge in [0.15, 0.2) is 5.16 Å². The largest absolute Gasteiger partial charge is 0.469 e.